The van der Waals surface area contributed by atoms with Gasteiger partial charge in [0, 0.05) is 50.0 Å². The van der Waals surface area contributed by atoms with Crippen LogP contribution < -0.4 is 10.1 Å². The van der Waals surface area contributed by atoms with Gasteiger partial charge in [-0.05, 0) is 48.9 Å². The van der Waals surface area contributed by atoms with Crippen LogP contribution in [-0.2, 0) is 27.3 Å². The van der Waals surface area contributed by atoms with E-state index in [9.17, 15) is 32.3 Å². The van der Waals surface area contributed by atoms with Gasteiger partial charge in [0.15, 0.2) is 6.61 Å². The fraction of sp³-hybridized carbons (Fsp3) is 0.231. The second-order valence-corrected chi connectivity index (χ2v) is 9.45. The first-order chi connectivity index (χ1) is 18.2. The van der Waals surface area contributed by atoms with E-state index in [1.54, 1.807) is 0 Å². The summed E-state index contributed by atoms with van der Waals surface area (Å²) in [6, 6.07) is 11.3. The summed E-state index contributed by atoms with van der Waals surface area (Å²) < 4.78 is 57.8. The van der Waals surface area contributed by atoms with Crippen LogP contribution in [0.1, 0.15) is 27.6 Å². The summed E-state index contributed by atoms with van der Waals surface area (Å²) in [4.78, 5) is 25.2. The smallest absolute Gasteiger partial charge is 0.422 e. The summed E-state index contributed by atoms with van der Waals surface area (Å²) in [5.74, 6) is -3.18. The van der Waals surface area contributed by atoms with Crippen LogP contribution >= 0.6 is 23.2 Å². The maximum absolute atomic E-state index is 14.2. The second-order valence-electron chi connectivity index (χ2n) is 8.63. The summed E-state index contributed by atoms with van der Waals surface area (Å²) in [5.41, 5.74) is -1.91. The molecule has 3 aromatic carbocycles. The summed E-state index contributed by atoms with van der Waals surface area (Å²) >= 11 is 12.2. The molecule has 0 fully saturated rings. The molecule has 3 N–H and O–H groups in total. The van der Waals surface area contributed by atoms with E-state index in [1.165, 1.54) is 49.4 Å². The Morgan fingerprint density at radius 3 is 2.38 bits per heavy atom. The van der Waals surface area contributed by atoms with Gasteiger partial charge in [0.2, 0.25) is 0 Å². The number of alkyl halides is 3. The Balaban J connectivity index is 0.00000560. The topological polar surface area (TPSA) is 110 Å². The molecule has 0 heterocycles. The van der Waals surface area contributed by atoms with Crippen molar-refractivity contribution >= 4 is 40.7 Å². The first-order valence-corrected chi connectivity index (χ1v) is 11.9. The number of hydrogen-bond donors (Lipinski definition) is 3. The molecule has 14 heteroatoms. The predicted octanol–water partition coefficient (Wildman–Crippen LogP) is 6.06. The molecule has 0 aliphatic rings. The Hall–Kier alpha value is -2.46. The van der Waals surface area contributed by atoms with Gasteiger partial charge in [0.1, 0.15) is 17.2 Å². The molecule has 0 bridgehead atoms. The van der Waals surface area contributed by atoms with E-state index < -0.39 is 53.9 Å². The van der Waals surface area contributed by atoms with Gasteiger partial charge >= 0.3 is 6.18 Å². The van der Waals surface area contributed by atoms with Gasteiger partial charge in [-0.3, -0.25) is 4.79 Å². The van der Waals surface area contributed by atoms with Gasteiger partial charge < -0.3 is 30.4 Å². The van der Waals surface area contributed by atoms with Gasteiger partial charge in [0.25, 0.3) is 5.91 Å². The number of hydrogen-bond acceptors (Lipinski definition) is 5. The van der Waals surface area contributed by atoms with Gasteiger partial charge in [-0.15, -0.1) is 0 Å². The van der Waals surface area contributed by atoms with Crippen LogP contribution in [0.2, 0.25) is 10.0 Å². The van der Waals surface area contributed by atoms with Crippen LogP contribution in [-0.4, -0.2) is 53.6 Å². The molecule has 0 spiro atoms. The van der Waals surface area contributed by atoms with E-state index in [-0.39, 0.29) is 66.3 Å². The summed E-state index contributed by atoms with van der Waals surface area (Å²) in [6.45, 7) is -1.25. The molecule has 210 valence electrons. The maximum Gasteiger partial charge on any atom is 0.422 e. The molecule has 1 unspecified atom stereocenters. The molecule has 0 saturated carbocycles. The van der Waals surface area contributed by atoms with Crippen molar-refractivity contribution in [1.29, 1.82) is 0 Å². The van der Waals surface area contributed by atoms with Gasteiger partial charge in [0.05, 0.1) is 23.1 Å². The van der Waals surface area contributed by atoms with Crippen molar-refractivity contribution in [3.05, 3.63) is 86.9 Å². The van der Waals surface area contributed by atoms with E-state index in [4.69, 9.17) is 33.0 Å². The zero-order valence-corrected chi connectivity index (χ0v) is 26.4. The number of benzene rings is 3. The third-order valence-corrected chi connectivity index (χ3v) is 5.90. The molecule has 0 radical (unpaired) electrons. The van der Waals surface area contributed by atoms with Gasteiger partial charge in [-0.25, -0.2) is 4.39 Å². The van der Waals surface area contributed by atoms with E-state index in [0.29, 0.717) is 0 Å². The third-order valence-electron chi connectivity index (χ3n) is 5.26. The number of rotatable bonds is 9. The second kappa shape index (κ2) is 13.9. The molecule has 0 saturated heterocycles. The summed E-state index contributed by atoms with van der Waals surface area (Å²) in [5, 5.41) is 25.1. The van der Waals surface area contributed by atoms with E-state index in [2.05, 4.69) is 10.6 Å². The van der Waals surface area contributed by atoms with Gasteiger partial charge in [-0.1, -0.05) is 47.1 Å². The monoisotopic (exact) mass is 701 g/mol. The van der Waals surface area contributed by atoms with Crippen molar-refractivity contribution in [2.75, 3.05) is 19.8 Å². The van der Waals surface area contributed by atoms with Crippen LogP contribution in [0.4, 0.5) is 23.2 Å². The van der Waals surface area contributed by atoms with Crippen molar-refractivity contribution in [2.24, 2.45) is 0 Å². The van der Waals surface area contributed by atoms with Crippen molar-refractivity contribution in [1.82, 2.24) is 5.32 Å². The first kappa shape index (κ1) is 33.7. The number of carbonyl (C=O) groups excluding carboxylic acids is 2. The number of aliphatic hydroxyl groups is 2. The largest absolute Gasteiger partial charge is 0.620 e. The zero-order valence-electron chi connectivity index (χ0n) is 20.9. The fourth-order valence-corrected chi connectivity index (χ4v) is 3.70. The molecule has 40 heavy (non-hydrogen) atoms. The minimum atomic E-state index is -4.72. The van der Waals surface area contributed by atoms with E-state index in [1.807, 2.05) is 0 Å². The van der Waals surface area contributed by atoms with E-state index in [0.717, 1.165) is 12.1 Å². The first-order valence-electron chi connectivity index (χ1n) is 11.2. The third kappa shape index (κ3) is 9.03. The minimum absolute atomic E-state index is 0. The Morgan fingerprint density at radius 2 is 1.75 bits per heavy atom. The number of aliphatic hydroxyl groups excluding tert-OH is 1. The normalized spacial score (nSPS) is 12.6. The number of amides is 2. The molecule has 0 aliphatic heterocycles. The van der Waals surface area contributed by atoms with Crippen LogP contribution in [0, 0.1) is 5.82 Å². The Labute approximate surface area is 256 Å². The summed E-state index contributed by atoms with van der Waals surface area (Å²) in [7, 11) is 0. The maximum atomic E-state index is 14.2. The molecule has 7 nitrogen and oxygen atoms in total. The molecule has 1 atom stereocenters. The molecule has 0 aromatic heterocycles. The van der Waals surface area contributed by atoms with Gasteiger partial charge in [-0.2, -0.15) is 13.2 Å². The molecule has 3 rings (SSSR count). The van der Waals surface area contributed by atoms with Crippen molar-refractivity contribution in [3.8, 4) is 16.9 Å². The van der Waals surface area contributed by atoms with Crippen LogP contribution in [0.15, 0.2) is 54.6 Å². The Morgan fingerprint density at radius 1 is 1.05 bits per heavy atom. The standard InChI is InChI=1S/C26H22Cl2F4N2O5.Cd/c1-25(38,12-35)11-33-23(36)15-5-7-17(27)16(9-15)14-6-8-20(21(10-14)39-13-26(30,31)32)34-24(37)22-18(28)3-2-4-19(22)29;/h2-10,35,38H,11-13H2,1H3,(H2,33,34,36,37);/p-1. The average Bonchev–Trinajstić information content (AvgIpc) is 2.86. The molecular weight excluding hydrogens is 680 g/mol. The summed E-state index contributed by atoms with van der Waals surface area (Å²) in [6.07, 6.45) is -4.72. The zero-order chi connectivity index (χ0) is 29.0. The quantitative estimate of drug-likeness (QED) is 0.186. The molecule has 3 aromatic rings. The van der Waals surface area contributed by atoms with E-state index >= 15 is 0 Å². The number of nitrogens with one attached hydrogen (secondary N) is 1. The Bertz CT molecular complexity index is 1370. The van der Waals surface area contributed by atoms with Crippen LogP contribution in [0.25, 0.3) is 16.4 Å². The van der Waals surface area contributed by atoms with Crippen molar-refractivity contribution in [2.45, 2.75) is 18.7 Å². The number of carbonyl (C=O) groups is 2. The number of halogens is 6. The van der Waals surface area contributed by atoms with Crippen molar-refractivity contribution in [3.63, 3.8) is 0 Å². The van der Waals surface area contributed by atoms with Crippen molar-refractivity contribution < 1.29 is 69.4 Å². The van der Waals surface area contributed by atoms with Crippen LogP contribution in [0.5, 0.6) is 5.75 Å². The molecular formula is C26H21CdCl2F4N2O5-. The number of nitrogens with zero attached hydrogens (tertiary/aromatic N) is 1. The van der Waals surface area contributed by atoms with Crippen LogP contribution in [0.3, 0.4) is 0 Å². The SMILES string of the molecule is CC(O)(CO)CNC(=O)c1ccc(Cl)c(-c2ccc([N-]C(=O)c3c(F)cccc3Cl)c(OCC(F)(F)F)c2)c1.[Cd]. The Kier molecular flexibility index (Phi) is 11.8. The molecule has 0 aliphatic carbocycles. The average molecular weight is 701 g/mol. The predicted molar refractivity (Wildman–Crippen MR) is 137 cm³/mol. The minimum Gasteiger partial charge on any atom is -0.620 e. The molecule has 2 amide bonds. The fourth-order valence-electron chi connectivity index (χ4n) is 3.23. The number of ether oxygens (including phenoxy) is 1.